The summed E-state index contributed by atoms with van der Waals surface area (Å²) in [4.78, 5) is 27.1. The number of aliphatic carboxylic acids is 1. The van der Waals surface area contributed by atoms with Crippen LogP contribution in [0, 0.1) is 11.8 Å². The van der Waals surface area contributed by atoms with Crippen LogP contribution in [0.15, 0.2) is 0 Å². The molecule has 2 saturated heterocycles. The van der Waals surface area contributed by atoms with Gasteiger partial charge in [-0.15, -0.1) is 0 Å². The molecule has 0 aromatic heterocycles. The predicted octanol–water partition coefficient (Wildman–Crippen LogP) is 0.261. The van der Waals surface area contributed by atoms with E-state index in [9.17, 15) is 9.59 Å². The fraction of sp³-hybridized carbons (Fsp3) is 0.833. The van der Waals surface area contributed by atoms with Gasteiger partial charge in [-0.05, 0) is 32.9 Å². The lowest BCUT2D eigenvalue weighted by Crippen LogP contribution is -2.45. The van der Waals surface area contributed by atoms with Crippen LogP contribution in [0.25, 0.3) is 0 Å². The number of hydrogen-bond donors (Lipinski definition) is 1. The van der Waals surface area contributed by atoms with Crippen molar-refractivity contribution in [2.45, 2.75) is 19.3 Å². The second-order valence-corrected chi connectivity index (χ2v) is 5.21. The molecular weight excluding hydrogens is 220 g/mol. The standard InChI is InChI=1S/C12H20N2O3/c1-13-6-4-9(7-13)11(15)14-5-2-3-10(8-14)12(16)17/h9-10H,2-8H2,1H3,(H,16,17)/t9?,10-/m0/s1. The Balaban J connectivity index is 1.93. The van der Waals surface area contributed by atoms with E-state index in [0.717, 1.165) is 32.5 Å². The van der Waals surface area contributed by atoms with Gasteiger partial charge in [-0.25, -0.2) is 0 Å². The van der Waals surface area contributed by atoms with E-state index in [2.05, 4.69) is 4.90 Å². The number of likely N-dealkylation sites (tertiary alicyclic amines) is 2. The fourth-order valence-electron chi connectivity index (χ4n) is 2.77. The van der Waals surface area contributed by atoms with Gasteiger partial charge >= 0.3 is 5.97 Å². The summed E-state index contributed by atoms with van der Waals surface area (Å²) in [6, 6.07) is 0. The Hall–Kier alpha value is -1.10. The Kier molecular flexibility index (Phi) is 3.66. The van der Waals surface area contributed by atoms with Gasteiger partial charge in [-0.1, -0.05) is 0 Å². The highest BCUT2D eigenvalue weighted by Crippen LogP contribution is 2.22. The van der Waals surface area contributed by atoms with Crippen molar-refractivity contribution < 1.29 is 14.7 Å². The molecule has 0 saturated carbocycles. The third-order valence-electron chi connectivity index (χ3n) is 3.82. The van der Waals surface area contributed by atoms with Gasteiger partial charge in [-0.3, -0.25) is 9.59 Å². The quantitative estimate of drug-likeness (QED) is 0.752. The minimum atomic E-state index is -0.772. The fourth-order valence-corrected chi connectivity index (χ4v) is 2.77. The molecule has 5 heteroatoms. The molecule has 0 bridgehead atoms. The van der Waals surface area contributed by atoms with Gasteiger partial charge in [-0.2, -0.15) is 0 Å². The van der Waals surface area contributed by atoms with E-state index in [-0.39, 0.29) is 17.7 Å². The van der Waals surface area contributed by atoms with Gasteiger partial charge in [0.15, 0.2) is 0 Å². The van der Waals surface area contributed by atoms with E-state index in [1.165, 1.54) is 0 Å². The second kappa shape index (κ2) is 5.04. The lowest BCUT2D eigenvalue weighted by molar-refractivity contribution is -0.146. The number of rotatable bonds is 2. The summed E-state index contributed by atoms with van der Waals surface area (Å²) < 4.78 is 0. The van der Waals surface area contributed by atoms with Crippen molar-refractivity contribution in [2.75, 3.05) is 33.2 Å². The van der Waals surface area contributed by atoms with Gasteiger partial charge in [0.05, 0.1) is 11.8 Å². The molecule has 0 aliphatic carbocycles. The van der Waals surface area contributed by atoms with Crippen LogP contribution in [0.4, 0.5) is 0 Å². The van der Waals surface area contributed by atoms with Crippen LogP contribution in [0.1, 0.15) is 19.3 Å². The van der Waals surface area contributed by atoms with Crippen LogP contribution < -0.4 is 0 Å². The first kappa shape index (κ1) is 12.4. The van der Waals surface area contributed by atoms with Crippen molar-refractivity contribution in [3.8, 4) is 0 Å². The number of carboxylic acids is 1. The largest absolute Gasteiger partial charge is 0.481 e. The summed E-state index contributed by atoms with van der Waals surface area (Å²) >= 11 is 0. The first-order valence-electron chi connectivity index (χ1n) is 6.28. The molecule has 5 nitrogen and oxygen atoms in total. The van der Waals surface area contributed by atoms with Gasteiger partial charge < -0.3 is 14.9 Å². The Labute approximate surface area is 101 Å². The summed E-state index contributed by atoms with van der Waals surface area (Å²) in [5, 5.41) is 9.00. The van der Waals surface area contributed by atoms with Crippen molar-refractivity contribution in [1.82, 2.24) is 9.80 Å². The van der Waals surface area contributed by atoms with Gasteiger partial charge in [0.2, 0.25) is 5.91 Å². The van der Waals surface area contributed by atoms with Crippen LogP contribution in [0.3, 0.4) is 0 Å². The zero-order valence-corrected chi connectivity index (χ0v) is 10.3. The van der Waals surface area contributed by atoms with Crippen LogP contribution in [-0.4, -0.2) is 60.0 Å². The minimum absolute atomic E-state index is 0.0764. The zero-order chi connectivity index (χ0) is 12.4. The first-order chi connectivity index (χ1) is 8.08. The normalized spacial score (nSPS) is 30.5. The molecule has 2 rings (SSSR count). The Bertz CT molecular complexity index is 319. The van der Waals surface area contributed by atoms with Crippen molar-refractivity contribution in [1.29, 1.82) is 0 Å². The van der Waals surface area contributed by atoms with Crippen molar-refractivity contribution in [2.24, 2.45) is 11.8 Å². The Morgan fingerprint density at radius 2 is 1.88 bits per heavy atom. The number of piperidine rings is 1. The molecule has 2 aliphatic heterocycles. The summed E-state index contributed by atoms with van der Waals surface area (Å²) in [5.41, 5.74) is 0. The second-order valence-electron chi connectivity index (χ2n) is 5.21. The van der Waals surface area contributed by atoms with Crippen molar-refractivity contribution in [3.05, 3.63) is 0 Å². The number of carboxylic acid groups (broad SMARTS) is 1. The maximum absolute atomic E-state index is 12.2. The molecule has 2 atom stereocenters. The summed E-state index contributed by atoms with van der Waals surface area (Å²) in [6.07, 6.45) is 2.42. The summed E-state index contributed by atoms with van der Waals surface area (Å²) in [7, 11) is 2.02. The minimum Gasteiger partial charge on any atom is -0.481 e. The molecule has 0 aromatic rings. The number of hydrogen-bond acceptors (Lipinski definition) is 3. The molecule has 1 N–H and O–H groups in total. The monoisotopic (exact) mass is 240 g/mol. The third-order valence-corrected chi connectivity index (χ3v) is 3.82. The van der Waals surface area contributed by atoms with Crippen molar-refractivity contribution >= 4 is 11.9 Å². The SMILES string of the molecule is CN1CCC(C(=O)N2CCC[C@H](C(=O)O)C2)C1. The summed E-state index contributed by atoms with van der Waals surface area (Å²) in [6.45, 7) is 2.90. The zero-order valence-electron chi connectivity index (χ0n) is 10.3. The lowest BCUT2D eigenvalue weighted by Gasteiger charge is -2.32. The van der Waals surface area contributed by atoms with E-state index in [0.29, 0.717) is 13.0 Å². The topological polar surface area (TPSA) is 60.9 Å². The first-order valence-corrected chi connectivity index (χ1v) is 6.28. The van der Waals surface area contributed by atoms with Crippen LogP contribution in [0.5, 0.6) is 0 Å². The van der Waals surface area contributed by atoms with Crippen molar-refractivity contribution in [3.63, 3.8) is 0 Å². The molecule has 0 aromatic carbocycles. The average Bonchev–Trinajstić information content (AvgIpc) is 2.75. The molecule has 2 aliphatic rings. The number of carbonyl (C=O) groups excluding carboxylic acids is 1. The molecular formula is C12H20N2O3. The molecule has 1 amide bonds. The molecule has 0 spiro atoms. The molecule has 0 radical (unpaired) electrons. The van der Waals surface area contributed by atoms with E-state index in [1.54, 1.807) is 4.90 Å². The van der Waals surface area contributed by atoms with E-state index in [4.69, 9.17) is 5.11 Å². The third kappa shape index (κ3) is 2.77. The Morgan fingerprint density at radius 1 is 1.12 bits per heavy atom. The Morgan fingerprint density at radius 3 is 2.47 bits per heavy atom. The van der Waals surface area contributed by atoms with Crippen LogP contribution in [-0.2, 0) is 9.59 Å². The maximum atomic E-state index is 12.2. The van der Waals surface area contributed by atoms with Crippen LogP contribution >= 0.6 is 0 Å². The smallest absolute Gasteiger partial charge is 0.308 e. The highest BCUT2D eigenvalue weighted by molar-refractivity contribution is 5.80. The molecule has 2 heterocycles. The van der Waals surface area contributed by atoms with Gasteiger partial charge in [0.25, 0.3) is 0 Å². The number of nitrogens with zero attached hydrogens (tertiary/aromatic N) is 2. The summed E-state index contributed by atoms with van der Waals surface area (Å²) in [5.74, 6) is -0.911. The lowest BCUT2D eigenvalue weighted by atomic mass is 9.96. The van der Waals surface area contributed by atoms with Crippen LogP contribution in [0.2, 0.25) is 0 Å². The highest BCUT2D eigenvalue weighted by atomic mass is 16.4. The molecule has 17 heavy (non-hydrogen) atoms. The predicted molar refractivity (Wildman–Crippen MR) is 62.5 cm³/mol. The molecule has 1 unspecified atom stereocenters. The van der Waals surface area contributed by atoms with E-state index < -0.39 is 5.97 Å². The maximum Gasteiger partial charge on any atom is 0.308 e. The average molecular weight is 240 g/mol. The molecule has 2 fully saturated rings. The number of amides is 1. The van der Waals surface area contributed by atoms with Gasteiger partial charge in [0.1, 0.15) is 0 Å². The highest BCUT2D eigenvalue weighted by Gasteiger charge is 2.34. The van der Waals surface area contributed by atoms with E-state index >= 15 is 0 Å². The van der Waals surface area contributed by atoms with E-state index in [1.807, 2.05) is 7.05 Å². The number of carbonyl (C=O) groups is 2. The molecule has 96 valence electrons. The van der Waals surface area contributed by atoms with Gasteiger partial charge in [0, 0.05) is 19.6 Å².